The van der Waals surface area contributed by atoms with Gasteiger partial charge in [0.15, 0.2) is 0 Å². The molecule has 0 aliphatic heterocycles. The van der Waals surface area contributed by atoms with Crippen LogP contribution in [0, 0.1) is 0 Å². The highest BCUT2D eigenvalue weighted by molar-refractivity contribution is 5.41. The summed E-state index contributed by atoms with van der Waals surface area (Å²) in [5.74, 6) is 2.31. The van der Waals surface area contributed by atoms with Crippen molar-refractivity contribution in [1.82, 2.24) is 9.97 Å². The van der Waals surface area contributed by atoms with Gasteiger partial charge in [0.1, 0.15) is 11.6 Å². The van der Waals surface area contributed by atoms with Crippen molar-refractivity contribution in [3.05, 3.63) is 47.8 Å². The maximum absolute atomic E-state index is 5.68. The van der Waals surface area contributed by atoms with E-state index in [1.807, 2.05) is 24.3 Å². The van der Waals surface area contributed by atoms with Gasteiger partial charge in [-0.2, -0.15) is 4.98 Å². The Kier molecular flexibility index (Phi) is 6.19. The van der Waals surface area contributed by atoms with Gasteiger partial charge < -0.3 is 10.1 Å². The zero-order valence-corrected chi connectivity index (χ0v) is 13.7. The molecule has 1 aromatic carbocycles. The van der Waals surface area contributed by atoms with Crippen LogP contribution < -0.4 is 10.1 Å². The van der Waals surface area contributed by atoms with Gasteiger partial charge in [0.05, 0.1) is 6.61 Å². The van der Waals surface area contributed by atoms with Crippen LogP contribution in [0.3, 0.4) is 0 Å². The van der Waals surface area contributed by atoms with Crippen molar-refractivity contribution in [2.75, 3.05) is 11.9 Å². The molecule has 0 fully saturated rings. The van der Waals surface area contributed by atoms with E-state index in [2.05, 4.69) is 48.2 Å². The molecule has 22 heavy (non-hydrogen) atoms. The number of rotatable bonds is 8. The van der Waals surface area contributed by atoms with E-state index in [0.717, 1.165) is 30.9 Å². The summed E-state index contributed by atoms with van der Waals surface area (Å²) < 4.78 is 5.68. The first-order valence-electron chi connectivity index (χ1n) is 8.05. The SMILES string of the molecule is CCCOc1cc(NC(C)c2ccccc2)nc(CCC)n1. The van der Waals surface area contributed by atoms with Crippen LogP contribution in [-0.4, -0.2) is 16.6 Å². The molecule has 0 spiro atoms. The number of aryl methyl sites for hydroxylation is 1. The smallest absolute Gasteiger partial charge is 0.218 e. The Bertz CT molecular complexity index is 572. The highest BCUT2D eigenvalue weighted by atomic mass is 16.5. The summed E-state index contributed by atoms with van der Waals surface area (Å²) in [5.41, 5.74) is 1.23. The van der Waals surface area contributed by atoms with Gasteiger partial charge in [0.25, 0.3) is 0 Å². The van der Waals surface area contributed by atoms with E-state index < -0.39 is 0 Å². The lowest BCUT2D eigenvalue weighted by molar-refractivity contribution is 0.303. The van der Waals surface area contributed by atoms with Crippen LogP contribution in [0.25, 0.3) is 0 Å². The monoisotopic (exact) mass is 299 g/mol. The van der Waals surface area contributed by atoms with Crippen molar-refractivity contribution in [3.8, 4) is 5.88 Å². The number of benzene rings is 1. The number of anilines is 1. The first-order chi connectivity index (χ1) is 10.7. The molecule has 2 rings (SSSR count). The minimum Gasteiger partial charge on any atom is -0.478 e. The third-order valence-corrected chi connectivity index (χ3v) is 3.34. The molecule has 0 radical (unpaired) electrons. The molecule has 0 aliphatic carbocycles. The quantitative estimate of drug-likeness (QED) is 0.785. The second-order valence-electron chi connectivity index (χ2n) is 5.38. The molecule has 1 aromatic heterocycles. The third kappa shape index (κ3) is 4.72. The van der Waals surface area contributed by atoms with E-state index in [-0.39, 0.29) is 6.04 Å². The van der Waals surface area contributed by atoms with Crippen molar-refractivity contribution in [2.24, 2.45) is 0 Å². The summed E-state index contributed by atoms with van der Waals surface area (Å²) in [4.78, 5) is 9.06. The summed E-state index contributed by atoms with van der Waals surface area (Å²) in [6, 6.07) is 12.4. The fourth-order valence-corrected chi connectivity index (χ4v) is 2.21. The second kappa shape index (κ2) is 8.37. The van der Waals surface area contributed by atoms with E-state index in [0.29, 0.717) is 12.5 Å². The average molecular weight is 299 g/mol. The topological polar surface area (TPSA) is 47.0 Å². The lowest BCUT2D eigenvalue weighted by atomic mass is 10.1. The van der Waals surface area contributed by atoms with Gasteiger partial charge in [0.2, 0.25) is 5.88 Å². The normalized spacial score (nSPS) is 12.0. The number of hydrogen-bond donors (Lipinski definition) is 1. The Morgan fingerprint density at radius 2 is 1.86 bits per heavy atom. The minimum absolute atomic E-state index is 0.185. The van der Waals surface area contributed by atoms with Crippen molar-refractivity contribution >= 4 is 5.82 Å². The molecule has 1 heterocycles. The largest absolute Gasteiger partial charge is 0.478 e. The van der Waals surface area contributed by atoms with Crippen molar-refractivity contribution in [1.29, 1.82) is 0 Å². The van der Waals surface area contributed by atoms with E-state index in [4.69, 9.17) is 4.74 Å². The Morgan fingerprint density at radius 3 is 2.55 bits per heavy atom. The van der Waals surface area contributed by atoms with Gasteiger partial charge in [-0.15, -0.1) is 0 Å². The maximum atomic E-state index is 5.68. The fourth-order valence-electron chi connectivity index (χ4n) is 2.21. The van der Waals surface area contributed by atoms with Crippen LogP contribution >= 0.6 is 0 Å². The highest BCUT2D eigenvalue weighted by Crippen LogP contribution is 2.21. The van der Waals surface area contributed by atoms with E-state index in [1.165, 1.54) is 5.56 Å². The summed E-state index contributed by atoms with van der Waals surface area (Å²) in [6.45, 7) is 7.02. The fraction of sp³-hybridized carbons (Fsp3) is 0.444. The molecule has 0 saturated heterocycles. The maximum Gasteiger partial charge on any atom is 0.218 e. The molecular formula is C18H25N3O. The minimum atomic E-state index is 0.185. The average Bonchev–Trinajstić information content (AvgIpc) is 2.54. The molecular weight excluding hydrogens is 274 g/mol. The lowest BCUT2D eigenvalue weighted by Crippen LogP contribution is -2.10. The number of ether oxygens (including phenoxy) is 1. The molecule has 1 N–H and O–H groups in total. The summed E-state index contributed by atoms with van der Waals surface area (Å²) >= 11 is 0. The Balaban J connectivity index is 2.15. The number of nitrogens with one attached hydrogen (secondary N) is 1. The standard InChI is InChI=1S/C18H25N3O/c1-4-9-16-20-17(13-18(21-16)22-12-5-2)19-14(3)15-10-7-6-8-11-15/h6-8,10-11,13-14H,4-5,9,12H2,1-3H3,(H,19,20,21). The van der Waals surface area contributed by atoms with Crippen molar-refractivity contribution < 1.29 is 4.74 Å². The zero-order chi connectivity index (χ0) is 15.8. The summed E-state index contributed by atoms with van der Waals surface area (Å²) in [6.07, 6.45) is 2.85. The number of aromatic nitrogens is 2. The molecule has 0 saturated carbocycles. The zero-order valence-electron chi connectivity index (χ0n) is 13.7. The molecule has 118 valence electrons. The summed E-state index contributed by atoms with van der Waals surface area (Å²) in [7, 11) is 0. The second-order valence-corrected chi connectivity index (χ2v) is 5.38. The van der Waals surface area contributed by atoms with Gasteiger partial charge in [-0.05, 0) is 25.3 Å². The van der Waals surface area contributed by atoms with E-state index >= 15 is 0 Å². The molecule has 4 heteroatoms. The van der Waals surface area contributed by atoms with Crippen LogP contribution in [0.5, 0.6) is 5.88 Å². The molecule has 0 amide bonds. The number of nitrogens with zero attached hydrogens (tertiary/aromatic N) is 2. The lowest BCUT2D eigenvalue weighted by Gasteiger charge is -2.16. The number of hydrogen-bond acceptors (Lipinski definition) is 4. The first-order valence-corrected chi connectivity index (χ1v) is 8.05. The molecule has 4 nitrogen and oxygen atoms in total. The molecule has 1 unspecified atom stereocenters. The van der Waals surface area contributed by atoms with Crippen LogP contribution in [0.15, 0.2) is 36.4 Å². The van der Waals surface area contributed by atoms with Crippen molar-refractivity contribution in [2.45, 2.75) is 46.1 Å². The summed E-state index contributed by atoms with van der Waals surface area (Å²) in [5, 5.41) is 3.44. The van der Waals surface area contributed by atoms with Gasteiger partial charge in [-0.25, -0.2) is 4.98 Å². The highest BCUT2D eigenvalue weighted by Gasteiger charge is 2.09. The van der Waals surface area contributed by atoms with Crippen LogP contribution in [0.2, 0.25) is 0 Å². The molecule has 1 atom stereocenters. The van der Waals surface area contributed by atoms with Crippen LogP contribution in [0.1, 0.15) is 51.0 Å². The molecule has 0 aliphatic rings. The van der Waals surface area contributed by atoms with E-state index in [9.17, 15) is 0 Å². The molecule has 0 bridgehead atoms. The predicted octanol–water partition coefficient (Wildman–Crippen LogP) is 4.39. The third-order valence-electron chi connectivity index (χ3n) is 3.34. The Morgan fingerprint density at radius 1 is 1.09 bits per heavy atom. The van der Waals surface area contributed by atoms with Gasteiger partial charge in [-0.1, -0.05) is 44.2 Å². The van der Waals surface area contributed by atoms with Crippen LogP contribution in [0.4, 0.5) is 5.82 Å². The Labute approximate surface area is 133 Å². The van der Waals surface area contributed by atoms with Gasteiger partial charge >= 0.3 is 0 Å². The van der Waals surface area contributed by atoms with Gasteiger partial charge in [-0.3, -0.25) is 0 Å². The van der Waals surface area contributed by atoms with Gasteiger partial charge in [0, 0.05) is 18.5 Å². The molecule has 2 aromatic rings. The first kappa shape index (κ1) is 16.3. The van der Waals surface area contributed by atoms with E-state index in [1.54, 1.807) is 0 Å². The van der Waals surface area contributed by atoms with Crippen molar-refractivity contribution in [3.63, 3.8) is 0 Å². The van der Waals surface area contributed by atoms with Crippen LogP contribution in [-0.2, 0) is 6.42 Å². The Hall–Kier alpha value is -2.10. The predicted molar refractivity (Wildman–Crippen MR) is 90.3 cm³/mol.